The average Bonchev–Trinajstić information content (AvgIpc) is 2.75. The van der Waals surface area contributed by atoms with E-state index in [0.29, 0.717) is 5.92 Å². The SMILES string of the molecule is Cc1cccc(S(=O)(=O)N2CCOC(C(=O)NC3C4CC5CC3CC(C(N)=O)(C5)C4)C2)c1. The number of nitrogens with one attached hydrogen (secondary N) is 1. The van der Waals surface area contributed by atoms with Crippen LogP contribution in [0.15, 0.2) is 29.2 Å². The Kier molecular flexibility index (Phi) is 5.34. The molecule has 3 unspecified atom stereocenters. The zero-order chi connectivity index (χ0) is 22.7. The highest BCUT2D eigenvalue weighted by Gasteiger charge is 2.58. The van der Waals surface area contributed by atoms with Crippen LogP contribution in [0, 0.1) is 30.1 Å². The van der Waals surface area contributed by atoms with Crippen molar-refractivity contribution in [3.63, 3.8) is 0 Å². The van der Waals surface area contributed by atoms with Crippen LogP contribution in [0.4, 0.5) is 0 Å². The minimum atomic E-state index is -3.70. The second-order valence-electron chi connectivity index (χ2n) is 10.2. The number of carbonyl (C=O) groups excluding carboxylic acids is 2. The standard InChI is InChI=1S/C23H31N3O5S/c1-14-3-2-4-18(7-14)32(29,30)26-5-6-31-19(13-26)21(27)25-20-16-8-15-9-17(20)12-23(10-15,11-16)22(24)28/h2-4,7,15-17,19-20H,5-6,8-13H2,1H3,(H2,24,28)(H,25,27). The Morgan fingerprint density at radius 1 is 1.19 bits per heavy atom. The van der Waals surface area contributed by atoms with Crippen LogP contribution in [0.5, 0.6) is 0 Å². The van der Waals surface area contributed by atoms with Gasteiger partial charge in [0, 0.05) is 24.5 Å². The third kappa shape index (κ3) is 3.64. The molecule has 4 aliphatic carbocycles. The number of morpholine rings is 1. The minimum absolute atomic E-state index is 0.00104. The second kappa shape index (κ2) is 7.81. The van der Waals surface area contributed by atoms with Gasteiger partial charge in [0.25, 0.3) is 5.91 Å². The summed E-state index contributed by atoms with van der Waals surface area (Å²) in [6.07, 6.45) is 3.53. The number of carbonyl (C=O) groups is 2. The van der Waals surface area contributed by atoms with E-state index in [-0.39, 0.29) is 54.3 Å². The topological polar surface area (TPSA) is 119 Å². The molecule has 1 aromatic rings. The highest BCUT2D eigenvalue weighted by atomic mass is 32.2. The number of benzene rings is 1. The summed E-state index contributed by atoms with van der Waals surface area (Å²) in [5, 5.41) is 3.17. The minimum Gasteiger partial charge on any atom is -0.369 e. The Hall–Kier alpha value is -1.97. The zero-order valence-corrected chi connectivity index (χ0v) is 19.1. The van der Waals surface area contributed by atoms with E-state index in [1.165, 1.54) is 4.31 Å². The number of amides is 2. The second-order valence-corrected chi connectivity index (χ2v) is 12.1. The molecule has 1 aliphatic heterocycles. The summed E-state index contributed by atoms with van der Waals surface area (Å²) in [5.74, 6) is 0.532. The number of hydrogen-bond acceptors (Lipinski definition) is 5. The summed E-state index contributed by atoms with van der Waals surface area (Å²) in [5.41, 5.74) is 6.22. The van der Waals surface area contributed by atoms with Crippen LogP contribution >= 0.6 is 0 Å². The number of nitrogens with zero attached hydrogens (tertiary/aromatic N) is 1. The number of nitrogens with two attached hydrogens (primary N) is 1. The number of hydrogen-bond donors (Lipinski definition) is 2. The van der Waals surface area contributed by atoms with Gasteiger partial charge in [-0.1, -0.05) is 12.1 Å². The number of rotatable bonds is 5. The van der Waals surface area contributed by atoms with Crippen molar-refractivity contribution in [3.05, 3.63) is 29.8 Å². The maximum atomic E-state index is 13.1. The predicted molar refractivity (Wildman–Crippen MR) is 117 cm³/mol. The molecule has 8 nitrogen and oxygen atoms in total. The lowest BCUT2D eigenvalue weighted by Gasteiger charge is -2.59. The van der Waals surface area contributed by atoms with Gasteiger partial charge in [-0.3, -0.25) is 9.59 Å². The van der Waals surface area contributed by atoms with Crippen molar-refractivity contribution in [1.82, 2.24) is 9.62 Å². The Balaban J connectivity index is 1.27. The van der Waals surface area contributed by atoms with Crippen LogP contribution in [0.1, 0.15) is 37.7 Å². The summed E-state index contributed by atoms with van der Waals surface area (Å²) in [7, 11) is -3.70. The first-order chi connectivity index (χ1) is 15.2. The van der Waals surface area contributed by atoms with Crippen LogP contribution in [-0.4, -0.2) is 56.4 Å². The number of ether oxygens (including phenoxy) is 1. The van der Waals surface area contributed by atoms with Crippen molar-refractivity contribution in [3.8, 4) is 0 Å². The Bertz CT molecular complexity index is 1030. The van der Waals surface area contributed by atoms with Crippen molar-refractivity contribution in [1.29, 1.82) is 0 Å². The fourth-order valence-electron chi connectivity index (χ4n) is 6.75. The quantitative estimate of drug-likeness (QED) is 0.683. The molecule has 3 atom stereocenters. The Labute approximate surface area is 188 Å². The number of primary amides is 1. The molecule has 1 aromatic carbocycles. The van der Waals surface area contributed by atoms with E-state index in [0.717, 1.165) is 37.7 Å². The van der Waals surface area contributed by atoms with Gasteiger partial charge in [0.1, 0.15) is 6.10 Å². The van der Waals surface area contributed by atoms with E-state index in [1.807, 2.05) is 13.0 Å². The van der Waals surface area contributed by atoms with Gasteiger partial charge in [0.05, 0.1) is 11.5 Å². The largest absolute Gasteiger partial charge is 0.369 e. The Morgan fingerprint density at radius 3 is 2.56 bits per heavy atom. The van der Waals surface area contributed by atoms with Gasteiger partial charge in [-0.05, 0) is 74.5 Å². The zero-order valence-electron chi connectivity index (χ0n) is 18.3. The maximum absolute atomic E-state index is 13.1. The molecule has 174 valence electrons. The van der Waals surface area contributed by atoms with Crippen LogP contribution in [0.25, 0.3) is 0 Å². The van der Waals surface area contributed by atoms with E-state index >= 15 is 0 Å². The highest BCUT2D eigenvalue weighted by Crippen LogP contribution is 2.59. The predicted octanol–water partition coefficient (Wildman–Crippen LogP) is 1.18. The van der Waals surface area contributed by atoms with Crippen molar-refractivity contribution in [2.75, 3.05) is 19.7 Å². The van der Waals surface area contributed by atoms with Gasteiger partial charge >= 0.3 is 0 Å². The first-order valence-corrected chi connectivity index (χ1v) is 12.9. The smallest absolute Gasteiger partial charge is 0.250 e. The van der Waals surface area contributed by atoms with Gasteiger partial charge in [0.2, 0.25) is 15.9 Å². The summed E-state index contributed by atoms with van der Waals surface area (Å²) in [4.78, 5) is 25.5. The van der Waals surface area contributed by atoms with E-state index < -0.39 is 21.5 Å². The van der Waals surface area contributed by atoms with E-state index in [2.05, 4.69) is 5.32 Å². The van der Waals surface area contributed by atoms with Crippen LogP contribution in [0.2, 0.25) is 0 Å². The van der Waals surface area contributed by atoms with Crippen LogP contribution in [-0.2, 0) is 24.3 Å². The van der Waals surface area contributed by atoms with Crippen LogP contribution in [0.3, 0.4) is 0 Å². The first kappa shape index (κ1) is 21.9. The molecule has 4 bridgehead atoms. The summed E-state index contributed by atoms with van der Waals surface area (Å²) >= 11 is 0. The van der Waals surface area contributed by atoms with Crippen molar-refractivity contribution in [2.24, 2.45) is 28.9 Å². The summed E-state index contributed by atoms with van der Waals surface area (Å²) < 4.78 is 33.2. The molecular weight excluding hydrogens is 430 g/mol. The summed E-state index contributed by atoms with van der Waals surface area (Å²) in [6.45, 7) is 2.24. The van der Waals surface area contributed by atoms with Gasteiger partial charge in [-0.25, -0.2) is 8.42 Å². The number of sulfonamides is 1. The van der Waals surface area contributed by atoms with Crippen LogP contribution < -0.4 is 11.1 Å². The molecule has 5 aliphatic rings. The van der Waals surface area contributed by atoms with E-state index in [9.17, 15) is 18.0 Å². The molecule has 0 spiro atoms. The monoisotopic (exact) mass is 461 g/mol. The van der Waals surface area contributed by atoms with Crippen molar-refractivity contribution >= 4 is 21.8 Å². The Morgan fingerprint density at radius 2 is 1.91 bits per heavy atom. The molecule has 1 saturated heterocycles. The molecule has 1 heterocycles. The molecule has 0 radical (unpaired) electrons. The molecule has 2 amide bonds. The average molecular weight is 462 g/mol. The normalized spacial score (nSPS) is 36.7. The summed E-state index contributed by atoms with van der Waals surface area (Å²) in [6, 6.07) is 6.79. The molecule has 32 heavy (non-hydrogen) atoms. The molecule has 5 fully saturated rings. The third-order valence-electron chi connectivity index (χ3n) is 8.05. The molecule has 0 aromatic heterocycles. The fraction of sp³-hybridized carbons (Fsp3) is 0.652. The molecule has 9 heteroatoms. The van der Waals surface area contributed by atoms with E-state index in [4.69, 9.17) is 10.5 Å². The van der Waals surface area contributed by atoms with Gasteiger partial charge < -0.3 is 15.8 Å². The molecule has 4 saturated carbocycles. The van der Waals surface area contributed by atoms with Gasteiger partial charge in [0.15, 0.2) is 0 Å². The lowest BCUT2D eigenvalue weighted by atomic mass is 9.47. The van der Waals surface area contributed by atoms with Crippen molar-refractivity contribution in [2.45, 2.75) is 56.1 Å². The first-order valence-electron chi connectivity index (χ1n) is 11.5. The van der Waals surface area contributed by atoms with E-state index in [1.54, 1.807) is 18.2 Å². The van der Waals surface area contributed by atoms with Gasteiger partial charge in [-0.2, -0.15) is 4.31 Å². The molecule has 6 rings (SSSR count). The third-order valence-corrected chi connectivity index (χ3v) is 9.91. The lowest BCUT2D eigenvalue weighted by molar-refractivity contribution is -0.150. The highest BCUT2D eigenvalue weighted by molar-refractivity contribution is 7.89. The lowest BCUT2D eigenvalue weighted by Crippen LogP contribution is -2.63. The number of aryl methyl sites for hydroxylation is 1. The molecule has 3 N–H and O–H groups in total. The fourth-order valence-corrected chi connectivity index (χ4v) is 8.28. The van der Waals surface area contributed by atoms with Crippen molar-refractivity contribution < 1.29 is 22.7 Å². The molecular formula is C23H31N3O5S. The maximum Gasteiger partial charge on any atom is 0.250 e. The van der Waals surface area contributed by atoms with Gasteiger partial charge in [-0.15, -0.1) is 0 Å².